The SMILES string of the molecule is COc1cccc2oc(CC3CC4CCC(C3)N4)nc12. The van der Waals surface area contributed by atoms with Crippen LogP contribution in [0.3, 0.4) is 0 Å². The fourth-order valence-corrected chi connectivity index (χ4v) is 3.81. The van der Waals surface area contributed by atoms with Gasteiger partial charge in [0.05, 0.1) is 7.11 Å². The van der Waals surface area contributed by atoms with Crippen molar-refractivity contribution in [2.75, 3.05) is 7.11 Å². The minimum atomic E-state index is 0.702. The molecule has 2 aliphatic rings. The summed E-state index contributed by atoms with van der Waals surface area (Å²) in [6, 6.07) is 7.27. The summed E-state index contributed by atoms with van der Waals surface area (Å²) < 4.78 is 11.2. The third-order valence-electron chi connectivity index (χ3n) is 4.68. The van der Waals surface area contributed by atoms with Crippen LogP contribution in [0.25, 0.3) is 11.1 Å². The summed E-state index contributed by atoms with van der Waals surface area (Å²) in [6.45, 7) is 0. The van der Waals surface area contributed by atoms with Gasteiger partial charge >= 0.3 is 0 Å². The summed E-state index contributed by atoms with van der Waals surface area (Å²) in [4.78, 5) is 4.64. The van der Waals surface area contributed by atoms with Crippen LogP contribution < -0.4 is 10.1 Å². The summed E-state index contributed by atoms with van der Waals surface area (Å²) in [5, 5.41) is 3.68. The first-order chi connectivity index (χ1) is 9.81. The minimum absolute atomic E-state index is 0.702. The quantitative estimate of drug-likeness (QED) is 0.933. The average molecular weight is 272 g/mol. The molecule has 4 heteroatoms. The Labute approximate surface area is 118 Å². The molecule has 0 aliphatic carbocycles. The lowest BCUT2D eigenvalue weighted by Crippen LogP contribution is -2.38. The summed E-state index contributed by atoms with van der Waals surface area (Å²) in [6.07, 6.45) is 6.14. The number of ether oxygens (including phenoxy) is 1. The molecule has 106 valence electrons. The number of para-hydroxylation sites is 1. The van der Waals surface area contributed by atoms with Gasteiger partial charge in [0.1, 0.15) is 5.75 Å². The highest BCUT2D eigenvalue weighted by atomic mass is 16.5. The van der Waals surface area contributed by atoms with E-state index in [1.54, 1.807) is 7.11 Å². The summed E-state index contributed by atoms with van der Waals surface area (Å²) in [5.74, 6) is 2.35. The van der Waals surface area contributed by atoms with E-state index in [2.05, 4.69) is 10.3 Å². The van der Waals surface area contributed by atoms with E-state index in [1.165, 1.54) is 25.7 Å². The maximum atomic E-state index is 5.89. The van der Waals surface area contributed by atoms with Gasteiger partial charge in [0.2, 0.25) is 0 Å². The predicted octanol–water partition coefficient (Wildman–Crippen LogP) is 2.91. The van der Waals surface area contributed by atoms with Gasteiger partial charge in [-0.05, 0) is 43.7 Å². The zero-order valence-corrected chi connectivity index (χ0v) is 11.8. The number of nitrogens with zero attached hydrogens (tertiary/aromatic N) is 1. The standard InChI is InChI=1S/C16H20N2O2/c1-19-13-3-2-4-14-16(13)18-15(20-14)9-10-7-11-5-6-12(8-10)17-11/h2-4,10-12,17H,5-9H2,1H3. The van der Waals surface area contributed by atoms with Crippen molar-refractivity contribution in [1.29, 1.82) is 0 Å². The normalized spacial score (nSPS) is 28.9. The topological polar surface area (TPSA) is 47.3 Å². The molecule has 0 spiro atoms. The Balaban J connectivity index is 1.57. The van der Waals surface area contributed by atoms with Gasteiger partial charge in [-0.3, -0.25) is 0 Å². The second-order valence-corrected chi connectivity index (χ2v) is 6.09. The molecule has 2 aromatic rings. The Hall–Kier alpha value is -1.55. The molecule has 1 aromatic heterocycles. The summed E-state index contributed by atoms with van der Waals surface area (Å²) >= 11 is 0. The van der Waals surface area contributed by atoms with Crippen molar-refractivity contribution in [3.63, 3.8) is 0 Å². The van der Waals surface area contributed by atoms with Gasteiger partial charge in [-0.25, -0.2) is 4.98 Å². The van der Waals surface area contributed by atoms with Crippen molar-refractivity contribution in [3.05, 3.63) is 24.1 Å². The first-order valence-electron chi connectivity index (χ1n) is 7.50. The number of hydrogen-bond donors (Lipinski definition) is 1. The number of hydrogen-bond acceptors (Lipinski definition) is 4. The first kappa shape index (κ1) is 12.2. The Morgan fingerprint density at radius 2 is 2.10 bits per heavy atom. The molecule has 0 saturated carbocycles. The van der Waals surface area contributed by atoms with E-state index in [9.17, 15) is 0 Å². The molecule has 1 N–H and O–H groups in total. The maximum absolute atomic E-state index is 5.89. The lowest BCUT2D eigenvalue weighted by atomic mass is 9.90. The summed E-state index contributed by atoms with van der Waals surface area (Å²) in [5.41, 5.74) is 1.68. The molecule has 2 fully saturated rings. The Morgan fingerprint density at radius 1 is 1.30 bits per heavy atom. The van der Waals surface area contributed by atoms with Gasteiger partial charge in [0.15, 0.2) is 17.0 Å². The molecule has 2 unspecified atom stereocenters. The fourth-order valence-electron chi connectivity index (χ4n) is 3.81. The van der Waals surface area contributed by atoms with E-state index in [-0.39, 0.29) is 0 Å². The van der Waals surface area contributed by atoms with Gasteiger partial charge in [-0.1, -0.05) is 6.07 Å². The molecule has 0 amide bonds. The van der Waals surface area contributed by atoms with Crippen molar-refractivity contribution in [2.45, 2.75) is 44.2 Å². The number of benzene rings is 1. The van der Waals surface area contributed by atoms with Crippen LogP contribution in [0.5, 0.6) is 5.75 Å². The lowest BCUT2D eigenvalue weighted by Gasteiger charge is -2.28. The van der Waals surface area contributed by atoms with Crippen LogP contribution >= 0.6 is 0 Å². The van der Waals surface area contributed by atoms with Crippen LogP contribution in [-0.2, 0) is 6.42 Å². The predicted molar refractivity (Wildman–Crippen MR) is 76.9 cm³/mol. The highest BCUT2D eigenvalue weighted by Crippen LogP contribution is 2.34. The monoisotopic (exact) mass is 272 g/mol. The van der Waals surface area contributed by atoms with Crippen molar-refractivity contribution in [1.82, 2.24) is 10.3 Å². The lowest BCUT2D eigenvalue weighted by molar-refractivity contribution is 0.284. The number of rotatable bonds is 3. The highest BCUT2D eigenvalue weighted by molar-refractivity contribution is 5.79. The minimum Gasteiger partial charge on any atom is -0.494 e. The van der Waals surface area contributed by atoms with Gasteiger partial charge < -0.3 is 14.5 Å². The zero-order valence-electron chi connectivity index (χ0n) is 11.8. The van der Waals surface area contributed by atoms with E-state index in [0.29, 0.717) is 5.92 Å². The second kappa shape index (κ2) is 4.77. The Bertz CT molecular complexity index is 610. The number of nitrogens with one attached hydrogen (secondary N) is 1. The molecular weight excluding hydrogens is 252 g/mol. The maximum Gasteiger partial charge on any atom is 0.195 e. The van der Waals surface area contributed by atoms with E-state index in [1.807, 2.05) is 18.2 Å². The van der Waals surface area contributed by atoms with Gasteiger partial charge in [-0.15, -0.1) is 0 Å². The van der Waals surface area contributed by atoms with E-state index >= 15 is 0 Å². The molecule has 20 heavy (non-hydrogen) atoms. The number of oxazole rings is 1. The average Bonchev–Trinajstić information content (AvgIpc) is 3.01. The van der Waals surface area contributed by atoms with Crippen molar-refractivity contribution < 1.29 is 9.15 Å². The number of piperidine rings is 1. The zero-order chi connectivity index (χ0) is 13.5. The Morgan fingerprint density at radius 3 is 2.85 bits per heavy atom. The van der Waals surface area contributed by atoms with E-state index < -0.39 is 0 Å². The highest BCUT2D eigenvalue weighted by Gasteiger charge is 2.34. The van der Waals surface area contributed by atoms with Crippen LogP contribution in [0.1, 0.15) is 31.6 Å². The third kappa shape index (κ3) is 2.08. The van der Waals surface area contributed by atoms with Crippen LogP contribution in [0.15, 0.2) is 22.6 Å². The largest absolute Gasteiger partial charge is 0.494 e. The first-order valence-corrected chi connectivity index (χ1v) is 7.50. The van der Waals surface area contributed by atoms with Crippen molar-refractivity contribution in [2.24, 2.45) is 5.92 Å². The molecule has 2 aliphatic heterocycles. The van der Waals surface area contributed by atoms with Gasteiger partial charge in [0, 0.05) is 18.5 Å². The van der Waals surface area contributed by atoms with E-state index in [0.717, 1.165) is 41.2 Å². The number of methoxy groups -OCH3 is 1. The molecule has 4 nitrogen and oxygen atoms in total. The van der Waals surface area contributed by atoms with Crippen LogP contribution in [-0.4, -0.2) is 24.2 Å². The van der Waals surface area contributed by atoms with E-state index in [4.69, 9.17) is 9.15 Å². The van der Waals surface area contributed by atoms with Crippen LogP contribution in [0, 0.1) is 5.92 Å². The number of aromatic nitrogens is 1. The van der Waals surface area contributed by atoms with Gasteiger partial charge in [-0.2, -0.15) is 0 Å². The molecule has 2 bridgehead atoms. The summed E-state index contributed by atoms with van der Waals surface area (Å²) in [7, 11) is 1.67. The van der Waals surface area contributed by atoms with Crippen LogP contribution in [0.2, 0.25) is 0 Å². The Kier molecular flexibility index (Phi) is 2.91. The third-order valence-corrected chi connectivity index (χ3v) is 4.68. The van der Waals surface area contributed by atoms with Crippen molar-refractivity contribution >= 4 is 11.1 Å². The smallest absolute Gasteiger partial charge is 0.195 e. The second-order valence-electron chi connectivity index (χ2n) is 6.09. The van der Waals surface area contributed by atoms with Crippen molar-refractivity contribution in [3.8, 4) is 5.75 Å². The molecule has 2 atom stereocenters. The molecule has 0 radical (unpaired) electrons. The molecular formula is C16H20N2O2. The molecule has 2 saturated heterocycles. The molecule has 1 aromatic carbocycles. The fraction of sp³-hybridized carbons (Fsp3) is 0.562. The number of fused-ring (bicyclic) bond motifs is 3. The van der Waals surface area contributed by atoms with Gasteiger partial charge in [0.25, 0.3) is 0 Å². The van der Waals surface area contributed by atoms with Crippen LogP contribution in [0.4, 0.5) is 0 Å². The molecule has 4 rings (SSSR count). The molecule has 3 heterocycles.